The average molecular weight is 362 g/mol. The van der Waals surface area contributed by atoms with E-state index in [9.17, 15) is 18.3 Å². The molecule has 134 valence electrons. The fourth-order valence-electron chi connectivity index (χ4n) is 3.28. The van der Waals surface area contributed by atoms with E-state index in [4.69, 9.17) is 0 Å². The van der Waals surface area contributed by atoms with Gasteiger partial charge in [-0.2, -0.15) is 0 Å². The summed E-state index contributed by atoms with van der Waals surface area (Å²) in [4.78, 5) is 14.7. The number of nitrogens with zero attached hydrogens (tertiary/aromatic N) is 1. The minimum atomic E-state index is -3.31. The lowest BCUT2D eigenvalue weighted by Crippen LogP contribution is -2.49. The minimum Gasteiger partial charge on any atom is -0.507 e. The number of rotatable bonds is 4. The second-order valence-electron chi connectivity index (χ2n) is 6.49. The van der Waals surface area contributed by atoms with Crippen molar-refractivity contribution in [1.29, 1.82) is 0 Å². The Morgan fingerprint density at radius 1 is 1.24 bits per heavy atom. The van der Waals surface area contributed by atoms with Crippen molar-refractivity contribution < 1.29 is 18.3 Å². The van der Waals surface area contributed by atoms with Gasteiger partial charge < -0.3 is 10.0 Å². The van der Waals surface area contributed by atoms with Crippen molar-refractivity contribution >= 4 is 26.7 Å². The first-order valence-corrected chi connectivity index (χ1v) is 10.2. The standard InChI is InChI=1S/C18H22N2O4S/c1-25(23,24)19-12-15-8-4-5-9-20(15)18(22)16-10-13-6-2-3-7-14(13)11-17(16)21/h2-3,6-7,10-11,15,19,21H,4-5,8-9,12H2,1H3. The van der Waals surface area contributed by atoms with E-state index in [2.05, 4.69) is 4.72 Å². The van der Waals surface area contributed by atoms with Gasteiger partial charge in [-0.15, -0.1) is 0 Å². The van der Waals surface area contributed by atoms with Gasteiger partial charge in [-0.1, -0.05) is 24.3 Å². The van der Waals surface area contributed by atoms with Crippen LogP contribution in [0.25, 0.3) is 10.8 Å². The summed E-state index contributed by atoms with van der Waals surface area (Å²) >= 11 is 0. The fraction of sp³-hybridized carbons (Fsp3) is 0.389. The molecule has 1 heterocycles. The Morgan fingerprint density at radius 2 is 1.92 bits per heavy atom. The third-order valence-corrected chi connectivity index (χ3v) is 5.25. The van der Waals surface area contributed by atoms with Crippen LogP contribution in [0.2, 0.25) is 0 Å². The second-order valence-corrected chi connectivity index (χ2v) is 8.32. The van der Waals surface area contributed by atoms with Crippen LogP contribution >= 0.6 is 0 Å². The number of hydrogen-bond donors (Lipinski definition) is 2. The molecule has 1 aliphatic rings. The van der Waals surface area contributed by atoms with Crippen molar-refractivity contribution in [3.8, 4) is 5.75 Å². The van der Waals surface area contributed by atoms with Gasteiger partial charge in [-0.05, 0) is 42.2 Å². The first-order valence-electron chi connectivity index (χ1n) is 8.32. The van der Waals surface area contributed by atoms with Crippen LogP contribution in [0.4, 0.5) is 0 Å². The van der Waals surface area contributed by atoms with Crippen LogP contribution in [-0.4, -0.2) is 49.7 Å². The van der Waals surface area contributed by atoms with E-state index in [-0.39, 0.29) is 29.8 Å². The Bertz CT molecular complexity index is 895. The SMILES string of the molecule is CS(=O)(=O)NCC1CCCCN1C(=O)c1cc2ccccc2cc1O. The summed E-state index contributed by atoms with van der Waals surface area (Å²) in [5.74, 6) is -0.313. The van der Waals surface area contributed by atoms with Crippen molar-refractivity contribution in [2.75, 3.05) is 19.3 Å². The zero-order valence-corrected chi connectivity index (χ0v) is 14.9. The Morgan fingerprint density at radius 3 is 2.60 bits per heavy atom. The number of sulfonamides is 1. The molecule has 1 atom stereocenters. The van der Waals surface area contributed by atoms with Crippen molar-refractivity contribution in [3.63, 3.8) is 0 Å². The van der Waals surface area contributed by atoms with Gasteiger partial charge in [0.25, 0.3) is 5.91 Å². The average Bonchev–Trinajstić information content (AvgIpc) is 2.58. The van der Waals surface area contributed by atoms with Gasteiger partial charge in [0, 0.05) is 19.1 Å². The van der Waals surface area contributed by atoms with Crippen LogP contribution in [-0.2, 0) is 10.0 Å². The zero-order valence-electron chi connectivity index (χ0n) is 14.1. The number of hydrogen-bond acceptors (Lipinski definition) is 4. The number of benzene rings is 2. The predicted molar refractivity (Wildman–Crippen MR) is 97.1 cm³/mol. The molecule has 3 rings (SSSR count). The first kappa shape index (κ1) is 17.7. The summed E-state index contributed by atoms with van der Waals surface area (Å²) in [6.45, 7) is 0.750. The molecule has 1 aliphatic heterocycles. The number of aromatic hydroxyl groups is 1. The maximum Gasteiger partial charge on any atom is 0.257 e. The quantitative estimate of drug-likeness (QED) is 0.872. The minimum absolute atomic E-state index is 0.0518. The van der Waals surface area contributed by atoms with Gasteiger partial charge in [-0.3, -0.25) is 4.79 Å². The molecule has 2 aromatic carbocycles. The molecule has 1 amide bonds. The normalized spacial score (nSPS) is 18.4. The highest BCUT2D eigenvalue weighted by Gasteiger charge is 2.29. The largest absolute Gasteiger partial charge is 0.507 e. The summed E-state index contributed by atoms with van der Waals surface area (Å²) in [6, 6.07) is 10.6. The molecule has 0 bridgehead atoms. The van der Waals surface area contributed by atoms with Crippen LogP contribution in [0.5, 0.6) is 5.75 Å². The molecule has 7 heteroatoms. The van der Waals surface area contributed by atoms with Gasteiger partial charge in [0.2, 0.25) is 10.0 Å². The number of carbonyl (C=O) groups is 1. The molecule has 1 fully saturated rings. The maximum absolute atomic E-state index is 13.0. The lowest BCUT2D eigenvalue weighted by Gasteiger charge is -2.36. The van der Waals surface area contributed by atoms with Crippen molar-refractivity contribution in [2.45, 2.75) is 25.3 Å². The summed E-state index contributed by atoms with van der Waals surface area (Å²) in [5.41, 5.74) is 0.255. The molecule has 1 saturated heterocycles. The Hall–Kier alpha value is -2.12. The third-order valence-electron chi connectivity index (χ3n) is 4.56. The molecule has 6 nitrogen and oxygen atoms in total. The molecule has 0 aliphatic carbocycles. The molecule has 25 heavy (non-hydrogen) atoms. The first-order chi connectivity index (χ1) is 11.8. The van der Waals surface area contributed by atoms with Gasteiger partial charge in [0.15, 0.2) is 0 Å². The highest BCUT2D eigenvalue weighted by Crippen LogP contribution is 2.28. The van der Waals surface area contributed by atoms with Gasteiger partial charge in [0.1, 0.15) is 5.75 Å². The van der Waals surface area contributed by atoms with E-state index in [0.717, 1.165) is 36.3 Å². The molecule has 2 N–H and O–H groups in total. The molecular weight excluding hydrogens is 340 g/mol. The number of likely N-dealkylation sites (tertiary alicyclic amines) is 1. The molecule has 0 saturated carbocycles. The lowest BCUT2D eigenvalue weighted by molar-refractivity contribution is 0.0616. The maximum atomic E-state index is 13.0. The van der Waals surface area contributed by atoms with Crippen LogP contribution in [0, 0.1) is 0 Å². The fourth-order valence-corrected chi connectivity index (χ4v) is 3.78. The number of phenolic OH excluding ortho intramolecular Hbond substituents is 1. The number of amides is 1. The number of nitrogens with one attached hydrogen (secondary N) is 1. The van der Waals surface area contributed by atoms with E-state index in [0.29, 0.717) is 6.54 Å². The monoisotopic (exact) mass is 362 g/mol. The van der Waals surface area contributed by atoms with E-state index in [1.165, 1.54) is 0 Å². The smallest absolute Gasteiger partial charge is 0.257 e. The van der Waals surface area contributed by atoms with Crippen molar-refractivity contribution in [1.82, 2.24) is 9.62 Å². The second kappa shape index (κ2) is 7.01. The number of fused-ring (bicyclic) bond motifs is 1. The van der Waals surface area contributed by atoms with E-state index in [1.54, 1.807) is 17.0 Å². The zero-order chi connectivity index (χ0) is 18.0. The third kappa shape index (κ3) is 4.11. The summed E-state index contributed by atoms with van der Waals surface area (Å²) in [6.07, 6.45) is 3.67. The highest BCUT2D eigenvalue weighted by molar-refractivity contribution is 7.88. The molecular formula is C18H22N2O4S. The Balaban J connectivity index is 1.88. The van der Waals surface area contributed by atoms with E-state index < -0.39 is 10.0 Å². The summed E-state index contributed by atoms with van der Waals surface area (Å²) in [7, 11) is -3.31. The molecule has 2 aromatic rings. The van der Waals surface area contributed by atoms with Crippen LogP contribution in [0.15, 0.2) is 36.4 Å². The number of phenols is 1. The lowest BCUT2D eigenvalue weighted by atomic mass is 9.99. The summed E-state index contributed by atoms with van der Waals surface area (Å²) in [5, 5.41) is 12.0. The molecule has 0 aromatic heterocycles. The summed E-state index contributed by atoms with van der Waals surface area (Å²) < 4.78 is 25.2. The molecule has 1 unspecified atom stereocenters. The molecule has 0 spiro atoms. The van der Waals surface area contributed by atoms with Gasteiger partial charge >= 0.3 is 0 Å². The molecule has 0 radical (unpaired) electrons. The van der Waals surface area contributed by atoms with Crippen LogP contribution < -0.4 is 4.72 Å². The van der Waals surface area contributed by atoms with E-state index >= 15 is 0 Å². The topological polar surface area (TPSA) is 86.7 Å². The van der Waals surface area contributed by atoms with Crippen LogP contribution in [0.1, 0.15) is 29.6 Å². The Kier molecular flexibility index (Phi) is 4.96. The van der Waals surface area contributed by atoms with Crippen molar-refractivity contribution in [3.05, 3.63) is 42.0 Å². The van der Waals surface area contributed by atoms with Crippen molar-refractivity contribution in [2.24, 2.45) is 0 Å². The Labute approximate surface area is 147 Å². The number of carbonyl (C=O) groups excluding carboxylic acids is 1. The highest BCUT2D eigenvalue weighted by atomic mass is 32.2. The van der Waals surface area contributed by atoms with Gasteiger partial charge in [-0.25, -0.2) is 13.1 Å². The predicted octanol–water partition coefficient (Wildman–Crippen LogP) is 2.09. The van der Waals surface area contributed by atoms with E-state index in [1.807, 2.05) is 24.3 Å². The van der Waals surface area contributed by atoms with Crippen LogP contribution in [0.3, 0.4) is 0 Å². The number of piperidine rings is 1. The van der Waals surface area contributed by atoms with Gasteiger partial charge in [0.05, 0.1) is 11.8 Å².